The summed E-state index contributed by atoms with van der Waals surface area (Å²) in [5, 5.41) is 11.3. The molecule has 0 saturated heterocycles. The maximum Gasteiger partial charge on any atom is 0.181 e. The fourth-order valence-corrected chi connectivity index (χ4v) is 2.74. The molecule has 134 valence electrons. The Morgan fingerprint density at radius 1 is 1.19 bits per heavy atom. The number of hydrogen-bond donors (Lipinski definition) is 1. The van der Waals surface area contributed by atoms with Crippen LogP contribution in [-0.4, -0.2) is 31.4 Å². The molecule has 0 aliphatic rings. The van der Waals surface area contributed by atoms with Crippen molar-refractivity contribution in [2.24, 2.45) is 5.92 Å². The van der Waals surface area contributed by atoms with Gasteiger partial charge in [0.25, 0.3) is 0 Å². The van der Waals surface area contributed by atoms with Crippen LogP contribution in [0.3, 0.4) is 0 Å². The molecular weight excluding hydrogens is 350 g/mol. The average molecular weight is 370 g/mol. The molecule has 0 fully saturated rings. The topological polar surface area (TPSA) is 76.0 Å². The molecule has 1 N–H and O–H groups in total. The highest BCUT2D eigenvalue weighted by Crippen LogP contribution is 2.27. The molecule has 0 spiro atoms. The lowest BCUT2D eigenvalue weighted by molar-refractivity contribution is 0.0213. The van der Waals surface area contributed by atoms with Gasteiger partial charge in [0.1, 0.15) is 10.8 Å². The van der Waals surface area contributed by atoms with Gasteiger partial charge in [0, 0.05) is 29.8 Å². The molecule has 0 saturated carbocycles. The van der Waals surface area contributed by atoms with E-state index < -0.39 is 5.60 Å². The van der Waals surface area contributed by atoms with Gasteiger partial charge in [-0.25, -0.2) is 9.97 Å². The first-order valence-corrected chi connectivity index (χ1v) is 8.77. The van der Waals surface area contributed by atoms with Crippen LogP contribution in [0, 0.1) is 5.92 Å². The Morgan fingerprint density at radius 2 is 1.96 bits per heavy atom. The van der Waals surface area contributed by atoms with E-state index in [0.29, 0.717) is 22.1 Å². The highest BCUT2D eigenvalue weighted by Gasteiger charge is 2.25. The van der Waals surface area contributed by atoms with Crippen LogP contribution in [-0.2, 0) is 0 Å². The van der Waals surface area contributed by atoms with Gasteiger partial charge in [-0.2, -0.15) is 0 Å². The number of hydrogen-bond acceptors (Lipinski definition) is 5. The van der Waals surface area contributed by atoms with E-state index in [1.807, 2.05) is 25.1 Å². The third-order valence-electron chi connectivity index (χ3n) is 4.57. The molecule has 5 nitrogen and oxygen atoms in total. The van der Waals surface area contributed by atoms with Gasteiger partial charge in [-0.15, -0.1) is 0 Å². The number of halogens is 1. The van der Waals surface area contributed by atoms with Crippen molar-refractivity contribution < 1.29 is 9.90 Å². The van der Waals surface area contributed by atoms with E-state index in [2.05, 4.69) is 15.0 Å². The fraction of sp³-hybridized carbons (Fsp3) is 0.300. The van der Waals surface area contributed by atoms with Crippen LogP contribution in [0.25, 0.3) is 22.2 Å². The molecule has 3 aromatic heterocycles. The van der Waals surface area contributed by atoms with Crippen LogP contribution < -0.4 is 0 Å². The molecule has 26 heavy (non-hydrogen) atoms. The second-order valence-corrected chi connectivity index (χ2v) is 7.37. The number of ketones is 1. The summed E-state index contributed by atoms with van der Waals surface area (Å²) in [7, 11) is 0. The highest BCUT2D eigenvalue weighted by molar-refractivity contribution is 6.29. The van der Waals surface area contributed by atoms with Crippen molar-refractivity contribution in [2.45, 2.75) is 32.8 Å². The number of rotatable bonds is 5. The van der Waals surface area contributed by atoms with Crippen molar-refractivity contribution in [1.29, 1.82) is 0 Å². The molecule has 0 aliphatic heterocycles. The third-order valence-corrected chi connectivity index (χ3v) is 4.78. The summed E-state index contributed by atoms with van der Waals surface area (Å²) in [5.74, 6) is -0.289. The molecule has 0 aromatic carbocycles. The van der Waals surface area contributed by atoms with Crippen LogP contribution >= 0.6 is 11.6 Å². The highest BCUT2D eigenvalue weighted by atomic mass is 35.5. The van der Waals surface area contributed by atoms with E-state index in [0.717, 1.165) is 10.9 Å². The van der Waals surface area contributed by atoms with E-state index in [9.17, 15) is 9.90 Å². The van der Waals surface area contributed by atoms with Crippen LogP contribution in [0.5, 0.6) is 0 Å². The fourth-order valence-electron chi connectivity index (χ4n) is 2.58. The summed E-state index contributed by atoms with van der Waals surface area (Å²) in [5.41, 5.74) is 1.46. The lowest BCUT2D eigenvalue weighted by atomic mass is 9.88. The maximum absolute atomic E-state index is 12.6. The van der Waals surface area contributed by atoms with Crippen LogP contribution in [0.15, 0.2) is 42.7 Å². The first-order valence-electron chi connectivity index (χ1n) is 8.39. The Morgan fingerprint density at radius 3 is 2.65 bits per heavy atom. The lowest BCUT2D eigenvalue weighted by Crippen LogP contribution is -2.30. The Labute approximate surface area is 157 Å². The van der Waals surface area contributed by atoms with Gasteiger partial charge in [-0.1, -0.05) is 24.6 Å². The Hall–Kier alpha value is -2.37. The first-order chi connectivity index (χ1) is 12.3. The van der Waals surface area contributed by atoms with Gasteiger partial charge >= 0.3 is 0 Å². The van der Waals surface area contributed by atoms with Gasteiger partial charge < -0.3 is 5.11 Å². The zero-order chi connectivity index (χ0) is 18.9. The smallest absolute Gasteiger partial charge is 0.181 e. The predicted octanol–water partition coefficient (Wildman–Crippen LogP) is 4.33. The monoisotopic (exact) mass is 369 g/mol. The number of aliphatic hydroxyl groups is 1. The lowest BCUT2D eigenvalue weighted by Gasteiger charge is -2.25. The molecule has 1 unspecified atom stereocenters. The number of fused-ring (bicyclic) bond motifs is 1. The molecule has 0 amide bonds. The summed E-state index contributed by atoms with van der Waals surface area (Å²) in [4.78, 5) is 25.7. The van der Waals surface area contributed by atoms with Crippen molar-refractivity contribution in [3.63, 3.8) is 0 Å². The molecule has 3 heterocycles. The molecule has 0 radical (unpaired) electrons. The standard InChI is InChI=1S/C20H20ClN3O2/c1-12(20(2,3)26)9-17(25)16-8-7-13-10-22-11-14(19(13)24-16)15-5-4-6-18(21)23-15/h4-8,10-12,26H,9H2,1-3H3. The van der Waals surface area contributed by atoms with E-state index >= 15 is 0 Å². The summed E-state index contributed by atoms with van der Waals surface area (Å²) >= 11 is 6.00. The number of aromatic nitrogens is 3. The number of carbonyl (C=O) groups excluding carboxylic acids is 1. The van der Waals surface area contributed by atoms with Crippen LogP contribution in [0.2, 0.25) is 5.15 Å². The molecule has 1 atom stereocenters. The van der Waals surface area contributed by atoms with Crippen molar-refractivity contribution in [1.82, 2.24) is 15.0 Å². The second-order valence-electron chi connectivity index (χ2n) is 6.98. The van der Waals surface area contributed by atoms with Gasteiger partial charge in [0.2, 0.25) is 0 Å². The van der Waals surface area contributed by atoms with E-state index in [1.165, 1.54) is 0 Å². The normalized spacial score (nSPS) is 13.0. The molecule has 6 heteroatoms. The second kappa shape index (κ2) is 7.09. The number of Topliss-reactive ketones (excluding diaryl/α,β-unsaturated/α-hetero) is 1. The number of pyridine rings is 3. The zero-order valence-corrected chi connectivity index (χ0v) is 15.7. The minimum absolute atomic E-state index is 0.108. The summed E-state index contributed by atoms with van der Waals surface area (Å²) < 4.78 is 0. The molecular formula is C20H20ClN3O2. The molecule has 3 aromatic rings. The van der Waals surface area contributed by atoms with Gasteiger partial charge in [0.05, 0.1) is 16.8 Å². The maximum atomic E-state index is 12.6. The largest absolute Gasteiger partial charge is 0.390 e. The molecule has 3 rings (SSSR count). The number of carbonyl (C=O) groups is 1. The van der Waals surface area contributed by atoms with E-state index in [1.54, 1.807) is 38.4 Å². The van der Waals surface area contributed by atoms with Crippen molar-refractivity contribution >= 4 is 28.3 Å². The third kappa shape index (κ3) is 3.89. The Bertz CT molecular complexity index is 967. The average Bonchev–Trinajstić information content (AvgIpc) is 2.59. The van der Waals surface area contributed by atoms with Crippen molar-refractivity contribution in [3.8, 4) is 11.3 Å². The SMILES string of the molecule is CC(CC(=O)c1ccc2cncc(-c3cccc(Cl)n3)c2n1)C(C)(C)O. The van der Waals surface area contributed by atoms with Crippen LogP contribution in [0.1, 0.15) is 37.7 Å². The first kappa shape index (κ1) is 18.4. The van der Waals surface area contributed by atoms with Crippen LogP contribution in [0.4, 0.5) is 0 Å². The van der Waals surface area contributed by atoms with Gasteiger partial charge in [-0.05, 0) is 44.0 Å². The Balaban J connectivity index is 2.03. The van der Waals surface area contributed by atoms with Crippen molar-refractivity contribution in [3.05, 3.63) is 53.6 Å². The van der Waals surface area contributed by atoms with E-state index in [-0.39, 0.29) is 18.1 Å². The minimum Gasteiger partial charge on any atom is -0.390 e. The molecule has 0 aliphatic carbocycles. The van der Waals surface area contributed by atoms with Crippen molar-refractivity contribution in [2.75, 3.05) is 0 Å². The minimum atomic E-state index is -0.924. The van der Waals surface area contributed by atoms with Gasteiger partial charge in [0.15, 0.2) is 5.78 Å². The van der Waals surface area contributed by atoms with Gasteiger partial charge in [-0.3, -0.25) is 9.78 Å². The predicted molar refractivity (Wildman–Crippen MR) is 102 cm³/mol. The Kier molecular flexibility index (Phi) is 5.03. The quantitative estimate of drug-likeness (QED) is 0.535. The summed E-state index contributed by atoms with van der Waals surface area (Å²) in [6, 6.07) is 8.85. The summed E-state index contributed by atoms with van der Waals surface area (Å²) in [6.45, 7) is 5.25. The number of nitrogens with zero attached hydrogens (tertiary/aromatic N) is 3. The van der Waals surface area contributed by atoms with E-state index in [4.69, 9.17) is 11.6 Å². The zero-order valence-electron chi connectivity index (χ0n) is 14.9. The molecule has 0 bridgehead atoms. The summed E-state index contributed by atoms with van der Waals surface area (Å²) in [6.07, 6.45) is 3.59.